The van der Waals surface area contributed by atoms with Crippen molar-refractivity contribution in [2.75, 3.05) is 59.5 Å². The highest BCUT2D eigenvalue weighted by atomic mass is 16.6. The number of unbranched alkanes of at least 4 members (excludes halogenated alkanes) is 1. The fourth-order valence-electron chi connectivity index (χ4n) is 2.12. The summed E-state index contributed by atoms with van der Waals surface area (Å²) in [6.45, 7) is 9.25. The van der Waals surface area contributed by atoms with Crippen LogP contribution in [0.3, 0.4) is 0 Å². The zero-order valence-electron chi connectivity index (χ0n) is 14.6. The lowest BCUT2D eigenvalue weighted by Crippen LogP contribution is -2.13. The molecule has 0 bridgehead atoms. The van der Waals surface area contributed by atoms with Gasteiger partial charge in [-0.2, -0.15) is 0 Å². The van der Waals surface area contributed by atoms with Crippen LogP contribution in [0, 0.1) is 5.92 Å². The summed E-state index contributed by atoms with van der Waals surface area (Å²) >= 11 is 0. The predicted octanol–water partition coefficient (Wildman–Crippen LogP) is 2.65. The summed E-state index contributed by atoms with van der Waals surface area (Å²) in [6, 6.07) is 0. The zero-order chi connectivity index (χ0) is 16.3. The number of hydrogen-bond donors (Lipinski definition) is 1. The third-order valence-corrected chi connectivity index (χ3v) is 3.57. The van der Waals surface area contributed by atoms with E-state index in [1.54, 1.807) is 0 Å². The van der Waals surface area contributed by atoms with Crippen LogP contribution in [0.1, 0.15) is 46.0 Å². The van der Waals surface area contributed by atoms with Crippen LogP contribution >= 0.6 is 0 Å². The first-order chi connectivity index (χ1) is 10.8. The molecule has 0 fully saturated rings. The topological polar surface area (TPSA) is 57.2 Å². The van der Waals surface area contributed by atoms with Gasteiger partial charge in [0.2, 0.25) is 0 Å². The average molecular weight is 320 g/mol. The molecule has 0 aromatic rings. The summed E-state index contributed by atoms with van der Waals surface area (Å²) < 4.78 is 21.4. The van der Waals surface area contributed by atoms with E-state index in [1.165, 1.54) is 25.7 Å². The second kappa shape index (κ2) is 18.8. The minimum atomic E-state index is 0.0563. The van der Waals surface area contributed by atoms with Crippen LogP contribution in [0.5, 0.6) is 0 Å². The minimum Gasteiger partial charge on any atom is -0.394 e. The van der Waals surface area contributed by atoms with Gasteiger partial charge in [-0.05, 0) is 12.3 Å². The second-order valence-corrected chi connectivity index (χ2v) is 5.38. The maximum Gasteiger partial charge on any atom is 0.0701 e. The number of hydrogen-bond acceptors (Lipinski definition) is 5. The highest BCUT2D eigenvalue weighted by Crippen LogP contribution is 2.16. The van der Waals surface area contributed by atoms with Crippen molar-refractivity contribution in [3.63, 3.8) is 0 Å². The van der Waals surface area contributed by atoms with Crippen molar-refractivity contribution in [2.24, 2.45) is 5.92 Å². The molecule has 1 N–H and O–H groups in total. The lowest BCUT2D eigenvalue weighted by atomic mass is 9.96. The van der Waals surface area contributed by atoms with Gasteiger partial charge in [0.1, 0.15) is 0 Å². The van der Waals surface area contributed by atoms with Crippen molar-refractivity contribution in [1.29, 1.82) is 0 Å². The van der Waals surface area contributed by atoms with Gasteiger partial charge in [-0.3, -0.25) is 0 Å². The Labute approximate surface area is 136 Å². The molecule has 0 saturated heterocycles. The smallest absolute Gasteiger partial charge is 0.0701 e. The minimum absolute atomic E-state index is 0.0563. The van der Waals surface area contributed by atoms with Crippen LogP contribution in [0.2, 0.25) is 0 Å². The highest BCUT2D eigenvalue weighted by Gasteiger charge is 2.05. The Hall–Kier alpha value is -0.200. The van der Waals surface area contributed by atoms with Gasteiger partial charge in [0, 0.05) is 6.61 Å². The highest BCUT2D eigenvalue weighted by molar-refractivity contribution is 4.56. The summed E-state index contributed by atoms with van der Waals surface area (Å²) in [6.07, 6.45) is 6.34. The molecule has 22 heavy (non-hydrogen) atoms. The van der Waals surface area contributed by atoms with Gasteiger partial charge in [-0.15, -0.1) is 0 Å². The Bertz CT molecular complexity index is 201. The lowest BCUT2D eigenvalue weighted by Gasteiger charge is -2.14. The fourth-order valence-corrected chi connectivity index (χ4v) is 2.12. The Morgan fingerprint density at radius 3 is 1.64 bits per heavy atom. The zero-order valence-corrected chi connectivity index (χ0v) is 14.6. The molecule has 0 aromatic heterocycles. The summed E-state index contributed by atoms with van der Waals surface area (Å²) in [5.41, 5.74) is 0. The molecular formula is C17H36O5. The largest absolute Gasteiger partial charge is 0.394 e. The SMILES string of the molecule is CCCCC(CC)CCOCCOCCOCCOCCO. The molecule has 134 valence electrons. The van der Waals surface area contributed by atoms with Crippen molar-refractivity contribution >= 4 is 0 Å². The first-order valence-corrected chi connectivity index (χ1v) is 8.76. The quantitative estimate of drug-likeness (QED) is 0.394. The summed E-state index contributed by atoms with van der Waals surface area (Å²) in [5.74, 6) is 0.808. The monoisotopic (exact) mass is 320 g/mol. The maximum atomic E-state index is 8.51. The lowest BCUT2D eigenvalue weighted by molar-refractivity contribution is -0.00660. The number of aliphatic hydroxyl groups is 1. The Morgan fingerprint density at radius 1 is 0.682 bits per heavy atom. The molecule has 1 unspecified atom stereocenters. The van der Waals surface area contributed by atoms with Gasteiger partial charge in [0.05, 0.1) is 52.9 Å². The maximum absolute atomic E-state index is 8.51. The van der Waals surface area contributed by atoms with Crippen LogP contribution in [-0.2, 0) is 18.9 Å². The van der Waals surface area contributed by atoms with Crippen LogP contribution < -0.4 is 0 Å². The molecule has 0 amide bonds. The number of ether oxygens (including phenoxy) is 4. The summed E-state index contributed by atoms with van der Waals surface area (Å²) in [5, 5.41) is 8.51. The normalized spacial score (nSPS) is 12.7. The molecule has 0 radical (unpaired) electrons. The van der Waals surface area contributed by atoms with Crippen LogP contribution in [0.25, 0.3) is 0 Å². The van der Waals surface area contributed by atoms with E-state index in [-0.39, 0.29) is 6.61 Å². The summed E-state index contributed by atoms with van der Waals surface area (Å²) in [4.78, 5) is 0. The third-order valence-electron chi connectivity index (χ3n) is 3.57. The van der Waals surface area contributed by atoms with Gasteiger partial charge < -0.3 is 24.1 Å². The fraction of sp³-hybridized carbons (Fsp3) is 1.00. The third kappa shape index (κ3) is 16.2. The van der Waals surface area contributed by atoms with Crippen molar-refractivity contribution < 1.29 is 24.1 Å². The Morgan fingerprint density at radius 2 is 1.18 bits per heavy atom. The predicted molar refractivity (Wildman–Crippen MR) is 88.3 cm³/mol. The van der Waals surface area contributed by atoms with Gasteiger partial charge in [0.25, 0.3) is 0 Å². The van der Waals surface area contributed by atoms with Crippen LogP contribution in [0.4, 0.5) is 0 Å². The molecule has 0 rings (SSSR count). The number of aliphatic hydroxyl groups excluding tert-OH is 1. The molecule has 5 nitrogen and oxygen atoms in total. The van der Waals surface area contributed by atoms with Crippen molar-refractivity contribution in [2.45, 2.75) is 46.0 Å². The molecule has 0 saturated carbocycles. The molecule has 0 aliphatic rings. The Kier molecular flexibility index (Phi) is 18.7. The van der Waals surface area contributed by atoms with E-state index in [0.29, 0.717) is 46.2 Å². The van der Waals surface area contributed by atoms with E-state index >= 15 is 0 Å². The van der Waals surface area contributed by atoms with Crippen molar-refractivity contribution in [3.8, 4) is 0 Å². The molecule has 5 heteroatoms. The van der Waals surface area contributed by atoms with Crippen LogP contribution in [0.15, 0.2) is 0 Å². The first-order valence-electron chi connectivity index (χ1n) is 8.76. The van der Waals surface area contributed by atoms with Crippen molar-refractivity contribution in [1.82, 2.24) is 0 Å². The van der Waals surface area contributed by atoms with E-state index < -0.39 is 0 Å². The first kappa shape index (κ1) is 21.8. The van der Waals surface area contributed by atoms with Crippen molar-refractivity contribution in [3.05, 3.63) is 0 Å². The van der Waals surface area contributed by atoms with Gasteiger partial charge in [-0.25, -0.2) is 0 Å². The molecule has 0 aliphatic heterocycles. The second-order valence-electron chi connectivity index (χ2n) is 5.38. The van der Waals surface area contributed by atoms with Gasteiger partial charge >= 0.3 is 0 Å². The van der Waals surface area contributed by atoms with Crippen LogP contribution in [-0.4, -0.2) is 64.6 Å². The van der Waals surface area contributed by atoms with E-state index in [1.807, 2.05) is 0 Å². The van der Waals surface area contributed by atoms with E-state index in [0.717, 1.165) is 18.9 Å². The Balaban J connectivity index is 3.13. The average Bonchev–Trinajstić information content (AvgIpc) is 2.54. The molecule has 1 atom stereocenters. The molecule has 0 aliphatic carbocycles. The molecular weight excluding hydrogens is 284 g/mol. The number of rotatable bonds is 18. The molecule has 0 heterocycles. The van der Waals surface area contributed by atoms with Gasteiger partial charge in [-0.1, -0.05) is 39.5 Å². The van der Waals surface area contributed by atoms with E-state index in [2.05, 4.69) is 13.8 Å². The van der Waals surface area contributed by atoms with E-state index in [9.17, 15) is 0 Å². The standard InChI is InChI=1S/C17H36O5/c1-3-5-6-17(4-2)7-9-19-11-13-21-15-16-22-14-12-20-10-8-18/h17-18H,3-16H2,1-2H3. The van der Waals surface area contributed by atoms with E-state index in [4.69, 9.17) is 24.1 Å². The molecule has 0 spiro atoms. The molecule has 0 aromatic carbocycles. The van der Waals surface area contributed by atoms with Gasteiger partial charge in [0.15, 0.2) is 0 Å². The summed E-state index contributed by atoms with van der Waals surface area (Å²) in [7, 11) is 0.